The first-order chi connectivity index (χ1) is 9.01. The number of methoxy groups -OCH3 is 1. The Morgan fingerprint density at radius 2 is 1.68 bits per heavy atom. The average molecular weight is 453 g/mol. The maximum Gasteiger partial charge on any atom is 0.242 e. The first-order valence-corrected chi connectivity index (χ1v) is 7.51. The van der Waals surface area contributed by atoms with Crippen LogP contribution in [0, 0.1) is 0 Å². The van der Waals surface area contributed by atoms with Crippen molar-refractivity contribution in [2.75, 3.05) is 12.8 Å². The Bertz CT molecular complexity index is 620. The minimum absolute atomic E-state index is 0.348. The summed E-state index contributed by atoms with van der Waals surface area (Å²) in [5.41, 5.74) is 6.30. The molecule has 4 nitrogen and oxygen atoms in total. The Kier molecular flexibility index (Phi) is 4.70. The third-order valence-corrected chi connectivity index (χ3v) is 3.93. The largest absolute Gasteiger partial charge is 0.496 e. The first kappa shape index (κ1) is 14.6. The topological polar surface area (TPSA) is 57.4 Å². The van der Waals surface area contributed by atoms with Crippen LogP contribution in [-0.4, -0.2) is 12.1 Å². The lowest BCUT2D eigenvalue weighted by Gasteiger charge is -2.11. The number of nitrogens with zero attached hydrogens (tertiary/aromatic N) is 1. The average Bonchev–Trinajstić information content (AvgIpc) is 2.36. The summed E-state index contributed by atoms with van der Waals surface area (Å²) >= 11 is 10.1. The Hall–Kier alpha value is -0.790. The van der Waals surface area contributed by atoms with Crippen molar-refractivity contribution in [1.29, 1.82) is 0 Å². The number of anilines is 1. The maximum atomic E-state index is 5.84. The summed E-state index contributed by atoms with van der Waals surface area (Å²) in [5, 5.41) is 0. The van der Waals surface area contributed by atoms with Gasteiger partial charge in [0, 0.05) is 10.7 Å². The molecule has 0 fully saturated rings. The van der Waals surface area contributed by atoms with Gasteiger partial charge < -0.3 is 15.2 Å². The second-order valence-electron chi connectivity index (χ2n) is 3.57. The van der Waals surface area contributed by atoms with Gasteiger partial charge in [-0.1, -0.05) is 0 Å². The number of nitrogens with two attached hydrogens (primary N) is 1. The fourth-order valence-corrected chi connectivity index (χ4v) is 2.61. The van der Waals surface area contributed by atoms with E-state index in [-0.39, 0.29) is 0 Å². The van der Waals surface area contributed by atoms with Gasteiger partial charge in [0.15, 0.2) is 0 Å². The van der Waals surface area contributed by atoms with E-state index in [0.29, 0.717) is 23.1 Å². The van der Waals surface area contributed by atoms with E-state index in [9.17, 15) is 0 Å². The van der Waals surface area contributed by atoms with E-state index < -0.39 is 0 Å². The maximum absolute atomic E-state index is 5.84. The van der Waals surface area contributed by atoms with Crippen LogP contribution in [0.1, 0.15) is 0 Å². The van der Waals surface area contributed by atoms with Gasteiger partial charge in [-0.2, -0.15) is 0 Å². The third-order valence-electron chi connectivity index (χ3n) is 2.26. The first-order valence-electron chi connectivity index (χ1n) is 5.13. The molecule has 2 rings (SSSR count). The number of hydrogen-bond donors (Lipinski definition) is 1. The molecule has 0 bridgehead atoms. The fourth-order valence-electron chi connectivity index (χ4n) is 1.38. The highest BCUT2D eigenvalue weighted by Crippen LogP contribution is 2.38. The Morgan fingerprint density at radius 1 is 1.05 bits per heavy atom. The van der Waals surface area contributed by atoms with Gasteiger partial charge in [-0.15, -0.1) is 0 Å². The second kappa shape index (κ2) is 6.11. The van der Waals surface area contributed by atoms with Gasteiger partial charge in [-0.25, -0.2) is 4.98 Å². The molecule has 0 amide bonds. The van der Waals surface area contributed by atoms with Crippen molar-refractivity contribution in [3.8, 4) is 17.4 Å². The van der Waals surface area contributed by atoms with E-state index in [1.165, 1.54) is 0 Å². The van der Waals surface area contributed by atoms with Gasteiger partial charge >= 0.3 is 0 Å². The second-order valence-corrected chi connectivity index (χ2v) is 6.19. The van der Waals surface area contributed by atoms with Crippen molar-refractivity contribution in [1.82, 2.24) is 4.98 Å². The van der Waals surface area contributed by atoms with Crippen LogP contribution in [0.15, 0.2) is 37.8 Å². The van der Waals surface area contributed by atoms with E-state index in [2.05, 4.69) is 52.8 Å². The van der Waals surface area contributed by atoms with E-state index in [0.717, 1.165) is 13.4 Å². The molecule has 1 heterocycles. The number of hydrogen-bond acceptors (Lipinski definition) is 4. The summed E-state index contributed by atoms with van der Waals surface area (Å²) in [6.45, 7) is 0. The van der Waals surface area contributed by atoms with E-state index >= 15 is 0 Å². The van der Waals surface area contributed by atoms with Gasteiger partial charge in [0.2, 0.25) is 5.88 Å². The number of nitrogen functional groups attached to an aromatic ring is 1. The molecule has 1 aromatic carbocycles. The molecule has 7 heteroatoms. The van der Waals surface area contributed by atoms with Crippen LogP contribution in [0.4, 0.5) is 5.69 Å². The van der Waals surface area contributed by atoms with Crippen LogP contribution < -0.4 is 15.2 Å². The van der Waals surface area contributed by atoms with Crippen LogP contribution in [0.3, 0.4) is 0 Å². The molecule has 0 unspecified atom stereocenters. The van der Waals surface area contributed by atoms with Crippen molar-refractivity contribution in [3.63, 3.8) is 0 Å². The molecule has 100 valence electrons. The Morgan fingerprint density at radius 3 is 2.32 bits per heavy atom. The zero-order valence-electron chi connectivity index (χ0n) is 9.78. The van der Waals surface area contributed by atoms with Crippen LogP contribution in [0.25, 0.3) is 0 Å². The molecule has 0 saturated carbocycles. The Labute approximate surface area is 135 Å². The van der Waals surface area contributed by atoms with Crippen molar-refractivity contribution in [2.24, 2.45) is 0 Å². The van der Waals surface area contributed by atoms with Crippen LogP contribution in [0.2, 0.25) is 0 Å². The molecule has 1 aromatic heterocycles. The molecule has 0 aliphatic carbocycles. The molecule has 0 spiro atoms. The molecule has 0 radical (unpaired) electrons. The molecular formula is C12H9Br3N2O2. The zero-order valence-corrected chi connectivity index (χ0v) is 14.5. The molecule has 2 aromatic rings. The van der Waals surface area contributed by atoms with Gasteiger partial charge in [0.25, 0.3) is 0 Å². The number of ether oxygens (including phenoxy) is 2. The van der Waals surface area contributed by atoms with Crippen LogP contribution in [0.5, 0.6) is 17.4 Å². The number of halogens is 3. The molecule has 0 aliphatic rings. The molecule has 2 N–H and O–H groups in total. The highest BCUT2D eigenvalue weighted by molar-refractivity contribution is 9.11. The van der Waals surface area contributed by atoms with Crippen LogP contribution >= 0.6 is 47.8 Å². The Balaban J connectivity index is 2.35. The van der Waals surface area contributed by atoms with Crippen LogP contribution in [-0.2, 0) is 0 Å². The summed E-state index contributed by atoms with van der Waals surface area (Å²) in [4.78, 5) is 4.12. The molecule has 0 atom stereocenters. The lowest BCUT2D eigenvalue weighted by Crippen LogP contribution is -1.96. The van der Waals surface area contributed by atoms with Crippen molar-refractivity contribution < 1.29 is 9.47 Å². The quantitative estimate of drug-likeness (QED) is 0.730. The molecule has 0 aliphatic heterocycles. The fraction of sp³-hybridized carbons (Fsp3) is 0.0833. The van der Waals surface area contributed by atoms with Gasteiger partial charge in [0.05, 0.1) is 21.7 Å². The normalized spacial score (nSPS) is 10.3. The number of aromatic nitrogens is 1. The summed E-state index contributed by atoms with van der Waals surface area (Å²) in [6.07, 6.45) is 1.62. The summed E-state index contributed by atoms with van der Waals surface area (Å²) < 4.78 is 13.2. The van der Waals surface area contributed by atoms with Gasteiger partial charge in [-0.05, 0) is 66.0 Å². The SMILES string of the molecule is COc1cc(Br)c(Oc2ncc(Br)cc2N)cc1Br. The number of rotatable bonds is 3. The highest BCUT2D eigenvalue weighted by atomic mass is 79.9. The predicted molar refractivity (Wildman–Crippen MR) is 84.8 cm³/mol. The molecule has 0 saturated heterocycles. The highest BCUT2D eigenvalue weighted by Gasteiger charge is 2.11. The van der Waals surface area contributed by atoms with Crippen molar-refractivity contribution in [3.05, 3.63) is 37.8 Å². The summed E-state index contributed by atoms with van der Waals surface area (Å²) in [7, 11) is 1.60. The standard InChI is InChI=1S/C12H9Br3N2O2/c1-18-10-3-8(15)11(4-7(10)14)19-12-9(16)2-6(13)5-17-12/h2-5H,16H2,1H3. The third kappa shape index (κ3) is 3.40. The molecular weight excluding hydrogens is 444 g/mol. The smallest absolute Gasteiger partial charge is 0.242 e. The lowest BCUT2D eigenvalue weighted by atomic mass is 10.3. The van der Waals surface area contributed by atoms with Gasteiger partial charge in [0.1, 0.15) is 11.5 Å². The van der Waals surface area contributed by atoms with E-state index in [1.54, 1.807) is 31.5 Å². The molecule has 19 heavy (non-hydrogen) atoms. The number of benzene rings is 1. The predicted octanol–water partition coefficient (Wildman–Crippen LogP) is 4.75. The zero-order chi connectivity index (χ0) is 14.0. The number of pyridine rings is 1. The van der Waals surface area contributed by atoms with E-state index in [4.69, 9.17) is 15.2 Å². The minimum Gasteiger partial charge on any atom is -0.496 e. The van der Waals surface area contributed by atoms with E-state index in [1.807, 2.05) is 0 Å². The van der Waals surface area contributed by atoms with Gasteiger partial charge in [-0.3, -0.25) is 0 Å². The summed E-state index contributed by atoms with van der Waals surface area (Å²) in [5.74, 6) is 1.64. The monoisotopic (exact) mass is 450 g/mol. The van der Waals surface area contributed by atoms with Crippen molar-refractivity contribution >= 4 is 53.5 Å². The summed E-state index contributed by atoms with van der Waals surface area (Å²) in [6, 6.07) is 5.31. The van der Waals surface area contributed by atoms with Crippen molar-refractivity contribution in [2.45, 2.75) is 0 Å². The minimum atomic E-state index is 0.348. The lowest BCUT2D eigenvalue weighted by molar-refractivity contribution is 0.408.